The quantitative estimate of drug-likeness (QED) is 0.660. The monoisotopic (exact) mass is 212 g/mol. The summed E-state index contributed by atoms with van der Waals surface area (Å²) in [5.41, 5.74) is 0.266. The first-order valence-electron chi connectivity index (χ1n) is 3.77. The van der Waals surface area contributed by atoms with Crippen LogP contribution in [0.15, 0.2) is 23.1 Å². The summed E-state index contributed by atoms with van der Waals surface area (Å²) in [5.74, 6) is -2.20. The molecule has 0 saturated carbocycles. The normalized spacial score (nSPS) is 9.79. The average molecular weight is 212 g/mol. The summed E-state index contributed by atoms with van der Waals surface area (Å²) < 4.78 is 0. The van der Waals surface area contributed by atoms with E-state index in [0.717, 1.165) is 0 Å². The van der Waals surface area contributed by atoms with Crippen LogP contribution in [0.5, 0.6) is 0 Å². The van der Waals surface area contributed by atoms with Gasteiger partial charge in [-0.3, -0.25) is 4.79 Å². The summed E-state index contributed by atoms with van der Waals surface area (Å²) in [6.45, 7) is 0. The van der Waals surface area contributed by atoms with Crippen LogP contribution in [0.25, 0.3) is 0 Å². The van der Waals surface area contributed by atoms with Crippen LogP contribution in [0.1, 0.15) is 15.9 Å². The lowest BCUT2D eigenvalue weighted by molar-refractivity contribution is -0.136. The number of hydrogen-bond donors (Lipinski definition) is 3. The van der Waals surface area contributed by atoms with E-state index in [1.54, 1.807) is 6.07 Å². The van der Waals surface area contributed by atoms with E-state index in [0.29, 0.717) is 4.90 Å². The zero-order chi connectivity index (χ0) is 10.7. The van der Waals surface area contributed by atoms with Gasteiger partial charge in [0.25, 0.3) is 0 Å². The van der Waals surface area contributed by atoms with Gasteiger partial charge < -0.3 is 10.2 Å². The largest absolute Gasteiger partial charge is 0.481 e. The molecule has 1 aromatic carbocycles. The number of benzene rings is 1. The molecule has 0 saturated heterocycles. The Kier molecular flexibility index (Phi) is 3.14. The minimum Gasteiger partial charge on any atom is -0.481 e. The molecule has 0 fully saturated rings. The number of thiol groups is 1. The van der Waals surface area contributed by atoms with E-state index in [9.17, 15) is 9.59 Å². The highest BCUT2D eigenvalue weighted by Gasteiger charge is 2.12. The molecule has 0 aromatic heterocycles. The van der Waals surface area contributed by atoms with Crippen molar-refractivity contribution in [2.45, 2.75) is 11.3 Å². The van der Waals surface area contributed by atoms with E-state index in [1.807, 2.05) is 0 Å². The smallest absolute Gasteiger partial charge is 0.336 e. The van der Waals surface area contributed by atoms with Gasteiger partial charge in [0.15, 0.2) is 0 Å². The third kappa shape index (κ3) is 2.50. The maximum atomic E-state index is 10.7. The van der Waals surface area contributed by atoms with Crippen LogP contribution in [-0.2, 0) is 11.2 Å². The van der Waals surface area contributed by atoms with Crippen LogP contribution in [0.3, 0.4) is 0 Å². The number of aliphatic carboxylic acids is 1. The Balaban J connectivity index is 3.14. The second-order valence-corrected chi connectivity index (χ2v) is 3.23. The third-order valence-corrected chi connectivity index (χ3v) is 1.94. The Hall–Kier alpha value is -1.49. The summed E-state index contributed by atoms with van der Waals surface area (Å²) in [4.78, 5) is 21.6. The van der Waals surface area contributed by atoms with Crippen molar-refractivity contribution in [3.63, 3.8) is 0 Å². The molecule has 0 bridgehead atoms. The highest BCUT2D eigenvalue weighted by molar-refractivity contribution is 7.80. The Morgan fingerprint density at radius 1 is 1.29 bits per heavy atom. The van der Waals surface area contributed by atoms with Crippen molar-refractivity contribution in [1.82, 2.24) is 0 Å². The number of aromatic carboxylic acids is 1. The molecule has 0 spiro atoms. The van der Waals surface area contributed by atoms with Crippen molar-refractivity contribution < 1.29 is 19.8 Å². The molecule has 5 heteroatoms. The number of carbonyl (C=O) groups is 2. The van der Waals surface area contributed by atoms with E-state index in [4.69, 9.17) is 10.2 Å². The van der Waals surface area contributed by atoms with Gasteiger partial charge in [0, 0.05) is 4.90 Å². The highest BCUT2D eigenvalue weighted by Crippen LogP contribution is 2.15. The fourth-order valence-electron chi connectivity index (χ4n) is 1.08. The van der Waals surface area contributed by atoms with Gasteiger partial charge >= 0.3 is 11.9 Å². The minimum atomic E-state index is -1.14. The van der Waals surface area contributed by atoms with Crippen molar-refractivity contribution >= 4 is 24.6 Å². The second kappa shape index (κ2) is 4.15. The van der Waals surface area contributed by atoms with Crippen LogP contribution < -0.4 is 0 Å². The Labute approximate surface area is 85.6 Å². The molecule has 74 valence electrons. The fraction of sp³-hybridized carbons (Fsp3) is 0.111. The van der Waals surface area contributed by atoms with Crippen molar-refractivity contribution in [3.8, 4) is 0 Å². The summed E-state index contributed by atoms with van der Waals surface area (Å²) in [6, 6.07) is 4.36. The minimum absolute atomic E-state index is 0.0140. The summed E-state index contributed by atoms with van der Waals surface area (Å²) in [6.07, 6.45) is -0.296. The van der Waals surface area contributed by atoms with Crippen molar-refractivity contribution in [1.29, 1.82) is 0 Å². The van der Waals surface area contributed by atoms with Gasteiger partial charge in [-0.2, -0.15) is 0 Å². The molecular formula is C9H8O4S. The molecule has 0 radical (unpaired) electrons. The second-order valence-electron chi connectivity index (χ2n) is 2.72. The molecule has 0 aliphatic rings. The van der Waals surface area contributed by atoms with Crippen LogP contribution in [0.2, 0.25) is 0 Å². The molecule has 1 rings (SSSR count). The molecular weight excluding hydrogens is 204 g/mol. The molecule has 4 nitrogen and oxygen atoms in total. The highest BCUT2D eigenvalue weighted by atomic mass is 32.1. The van der Waals surface area contributed by atoms with Crippen molar-refractivity contribution in [2.24, 2.45) is 0 Å². The average Bonchev–Trinajstić information content (AvgIpc) is 2.07. The lowest BCUT2D eigenvalue weighted by Gasteiger charge is -2.03. The zero-order valence-electron chi connectivity index (χ0n) is 7.10. The number of rotatable bonds is 3. The SMILES string of the molecule is O=C(O)Cc1ccc(S)cc1C(=O)O. The molecule has 1 aromatic rings. The van der Waals surface area contributed by atoms with Gasteiger partial charge in [0.05, 0.1) is 12.0 Å². The predicted molar refractivity (Wildman–Crippen MR) is 52.0 cm³/mol. The fourth-order valence-corrected chi connectivity index (χ4v) is 1.28. The number of carboxylic acid groups (broad SMARTS) is 2. The maximum absolute atomic E-state index is 10.7. The van der Waals surface area contributed by atoms with E-state index < -0.39 is 11.9 Å². The van der Waals surface area contributed by atoms with Gasteiger partial charge in [0.1, 0.15) is 0 Å². The molecule has 0 atom stereocenters. The maximum Gasteiger partial charge on any atom is 0.336 e. The van der Waals surface area contributed by atoms with Crippen LogP contribution in [0.4, 0.5) is 0 Å². The lowest BCUT2D eigenvalue weighted by Crippen LogP contribution is -2.07. The molecule has 0 aliphatic heterocycles. The summed E-state index contributed by atoms with van der Waals surface area (Å²) in [7, 11) is 0. The van der Waals surface area contributed by atoms with Gasteiger partial charge in [-0.05, 0) is 17.7 Å². The molecule has 2 N–H and O–H groups in total. The van der Waals surface area contributed by atoms with E-state index in [-0.39, 0.29) is 17.5 Å². The Morgan fingerprint density at radius 3 is 2.43 bits per heavy atom. The number of carboxylic acids is 2. The van der Waals surface area contributed by atoms with Crippen LogP contribution >= 0.6 is 12.6 Å². The molecule has 0 aliphatic carbocycles. The van der Waals surface area contributed by atoms with Crippen molar-refractivity contribution in [2.75, 3.05) is 0 Å². The number of hydrogen-bond acceptors (Lipinski definition) is 3. The standard InChI is InChI=1S/C9H8O4S/c10-8(11)3-5-1-2-6(14)4-7(5)9(12)13/h1-2,4,14H,3H2,(H,10,11)(H,12,13). The van der Waals surface area contributed by atoms with Crippen LogP contribution in [0, 0.1) is 0 Å². The van der Waals surface area contributed by atoms with Crippen LogP contribution in [-0.4, -0.2) is 22.2 Å². The third-order valence-electron chi connectivity index (χ3n) is 1.67. The van der Waals surface area contributed by atoms with Gasteiger partial charge in [-0.15, -0.1) is 12.6 Å². The predicted octanol–water partition coefficient (Wildman–Crippen LogP) is 1.30. The first kappa shape index (κ1) is 10.6. The molecule has 0 unspecified atom stereocenters. The first-order chi connectivity index (χ1) is 6.50. The lowest BCUT2D eigenvalue weighted by atomic mass is 10.1. The van der Waals surface area contributed by atoms with E-state index >= 15 is 0 Å². The molecule has 14 heavy (non-hydrogen) atoms. The Morgan fingerprint density at radius 2 is 1.93 bits per heavy atom. The van der Waals surface area contributed by atoms with Gasteiger partial charge in [-0.1, -0.05) is 6.07 Å². The van der Waals surface area contributed by atoms with Crippen molar-refractivity contribution in [3.05, 3.63) is 29.3 Å². The topological polar surface area (TPSA) is 74.6 Å². The van der Waals surface area contributed by atoms with E-state index in [2.05, 4.69) is 12.6 Å². The summed E-state index contributed by atoms with van der Waals surface area (Å²) in [5, 5.41) is 17.3. The Bertz CT molecular complexity index is 386. The molecule has 0 amide bonds. The first-order valence-corrected chi connectivity index (χ1v) is 4.22. The summed E-state index contributed by atoms with van der Waals surface area (Å²) >= 11 is 3.98. The molecule has 0 heterocycles. The van der Waals surface area contributed by atoms with Gasteiger partial charge in [-0.25, -0.2) is 4.79 Å². The zero-order valence-corrected chi connectivity index (χ0v) is 7.99. The van der Waals surface area contributed by atoms with E-state index in [1.165, 1.54) is 12.1 Å². The van der Waals surface area contributed by atoms with Gasteiger partial charge in [0.2, 0.25) is 0 Å².